The second kappa shape index (κ2) is 6.02. The van der Waals surface area contributed by atoms with Crippen LogP contribution in [0, 0.1) is 6.92 Å². The normalized spacial score (nSPS) is 12.8. The summed E-state index contributed by atoms with van der Waals surface area (Å²) in [7, 11) is 0. The molecule has 0 aromatic carbocycles. The van der Waals surface area contributed by atoms with Gasteiger partial charge in [0, 0.05) is 31.9 Å². The number of aryl methyl sites for hydroxylation is 3. The molecule has 2 aromatic heterocycles. The molecule has 1 atom stereocenters. The van der Waals surface area contributed by atoms with E-state index in [1.807, 2.05) is 24.0 Å². The molecule has 2 aromatic rings. The minimum Gasteiger partial charge on any atom is -0.335 e. The first-order valence-electron chi connectivity index (χ1n) is 6.95. The fourth-order valence-electron chi connectivity index (χ4n) is 2.39. The molecule has 2 rings (SSSR count). The van der Waals surface area contributed by atoms with E-state index < -0.39 is 0 Å². The highest BCUT2D eigenvalue weighted by Gasteiger charge is 2.15. The molecule has 104 valence electrons. The number of nitrogens with zero attached hydrogens (tertiary/aromatic N) is 4. The number of aromatic nitrogens is 4. The van der Waals surface area contributed by atoms with Gasteiger partial charge in [-0.25, -0.2) is 4.98 Å². The van der Waals surface area contributed by atoms with Crippen LogP contribution in [0.3, 0.4) is 0 Å². The number of nitrogens with two attached hydrogens (primary N) is 1. The zero-order chi connectivity index (χ0) is 13.8. The van der Waals surface area contributed by atoms with Crippen LogP contribution in [0.15, 0.2) is 18.5 Å². The Morgan fingerprint density at radius 3 is 2.84 bits per heavy atom. The van der Waals surface area contributed by atoms with Gasteiger partial charge in [0.1, 0.15) is 5.82 Å². The van der Waals surface area contributed by atoms with E-state index >= 15 is 0 Å². The van der Waals surface area contributed by atoms with Crippen molar-refractivity contribution in [1.82, 2.24) is 19.3 Å². The van der Waals surface area contributed by atoms with Gasteiger partial charge in [-0.05, 0) is 26.3 Å². The standard InChI is InChI=1S/C14H23N5/c1-4-7-18-8-6-16-14(18)10-12(15)13-9-11(3)17-19(13)5-2/h6,8-9,12H,4-5,7,10,15H2,1-3H3. The summed E-state index contributed by atoms with van der Waals surface area (Å²) in [5, 5.41) is 4.45. The second-order valence-electron chi connectivity index (χ2n) is 4.87. The monoisotopic (exact) mass is 261 g/mol. The zero-order valence-electron chi connectivity index (χ0n) is 12.0. The highest BCUT2D eigenvalue weighted by molar-refractivity contribution is 5.14. The Morgan fingerprint density at radius 2 is 2.16 bits per heavy atom. The summed E-state index contributed by atoms with van der Waals surface area (Å²) in [4.78, 5) is 4.42. The van der Waals surface area contributed by atoms with Crippen LogP contribution in [-0.2, 0) is 19.5 Å². The van der Waals surface area contributed by atoms with Gasteiger partial charge in [0.2, 0.25) is 0 Å². The average molecular weight is 261 g/mol. The molecule has 5 nitrogen and oxygen atoms in total. The van der Waals surface area contributed by atoms with Crippen LogP contribution in [0.1, 0.15) is 43.5 Å². The fourth-order valence-corrected chi connectivity index (χ4v) is 2.39. The Balaban J connectivity index is 2.15. The topological polar surface area (TPSA) is 61.7 Å². The molecular formula is C14H23N5. The van der Waals surface area contributed by atoms with E-state index in [0.717, 1.165) is 43.1 Å². The Kier molecular flexibility index (Phi) is 4.37. The third-order valence-electron chi connectivity index (χ3n) is 3.28. The molecule has 0 bridgehead atoms. The molecule has 2 N–H and O–H groups in total. The molecule has 0 fully saturated rings. The summed E-state index contributed by atoms with van der Waals surface area (Å²) in [6.07, 6.45) is 5.72. The third-order valence-corrected chi connectivity index (χ3v) is 3.28. The maximum atomic E-state index is 6.33. The van der Waals surface area contributed by atoms with Gasteiger partial charge in [0.25, 0.3) is 0 Å². The van der Waals surface area contributed by atoms with Gasteiger partial charge in [-0.3, -0.25) is 4.68 Å². The van der Waals surface area contributed by atoms with Crippen molar-refractivity contribution in [1.29, 1.82) is 0 Å². The summed E-state index contributed by atoms with van der Waals surface area (Å²) in [6, 6.07) is 2.01. The minimum atomic E-state index is -0.0563. The van der Waals surface area contributed by atoms with Crippen molar-refractivity contribution in [2.75, 3.05) is 0 Å². The Morgan fingerprint density at radius 1 is 1.37 bits per heavy atom. The second-order valence-corrected chi connectivity index (χ2v) is 4.87. The zero-order valence-corrected chi connectivity index (χ0v) is 12.0. The predicted molar refractivity (Wildman–Crippen MR) is 75.8 cm³/mol. The number of hydrogen-bond donors (Lipinski definition) is 1. The summed E-state index contributed by atoms with van der Waals surface area (Å²) in [6.45, 7) is 8.09. The van der Waals surface area contributed by atoms with Crippen molar-refractivity contribution < 1.29 is 0 Å². The maximum Gasteiger partial charge on any atom is 0.110 e. The highest BCUT2D eigenvalue weighted by atomic mass is 15.3. The quantitative estimate of drug-likeness (QED) is 0.865. The lowest BCUT2D eigenvalue weighted by Gasteiger charge is -2.14. The maximum absolute atomic E-state index is 6.33. The van der Waals surface area contributed by atoms with Crippen molar-refractivity contribution in [2.45, 2.75) is 52.7 Å². The largest absolute Gasteiger partial charge is 0.335 e. The molecule has 0 saturated heterocycles. The van der Waals surface area contributed by atoms with Crippen LogP contribution in [0.4, 0.5) is 0 Å². The first-order chi connectivity index (χ1) is 9.15. The molecular weight excluding hydrogens is 238 g/mol. The van der Waals surface area contributed by atoms with Crippen molar-refractivity contribution >= 4 is 0 Å². The van der Waals surface area contributed by atoms with Crippen LogP contribution >= 0.6 is 0 Å². The predicted octanol–water partition coefficient (Wildman–Crippen LogP) is 2.06. The van der Waals surface area contributed by atoms with E-state index in [1.165, 1.54) is 0 Å². The van der Waals surface area contributed by atoms with Crippen LogP contribution in [0.2, 0.25) is 0 Å². The third kappa shape index (κ3) is 3.04. The van der Waals surface area contributed by atoms with Gasteiger partial charge in [-0.1, -0.05) is 6.92 Å². The molecule has 0 spiro atoms. The van der Waals surface area contributed by atoms with Crippen LogP contribution in [-0.4, -0.2) is 19.3 Å². The van der Waals surface area contributed by atoms with Crippen molar-refractivity contribution in [3.63, 3.8) is 0 Å². The SMILES string of the molecule is CCCn1ccnc1CC(N)c1cc(C)nn1CC. The Hall–Kier alpha value is -1.62. The van der Waals surface area contributed by atoms with E-state index in [4.69, 9.17) is 5.73 Å². The van der Waals surface area contributed by atoms with Gasteiger partial charge in [0.15, 0.2) is 0 Å². The molecule has 0 radical (unpaired) electrons. The van der Waals surface area contributed by atoms with E-state index in [0.29, 0.717) is 0 Å². The number of rotatable bonds is 6. The average Bonchev–Trinajstić information content (AvgIpc) is 2.97. The van der Waals surface area contributed by atoms with E-state index in [2.05, 4.69) is 34.6 Å². The van der Waals surface area contributed by atoms with Gasteiger partial charge in [-0.15, -0.1) is 0 Å². The van der Waals surface area contributed by atoms with Crippen molar-refractivity contribution in [3.05, 3.63) is 35.7 Å². The Bertz CT molecular complexity index is 526. The molecule has 0 saturated carbocycles. The highest BCUT2D eigenvalue weighted by Crippen LogP contribution is 2.17. The summed E-state index contributed by atoms with van der Waals surface area (Å²) in [5.74, 6) is 1.05. The minimum absolute atomic E-state index is 0.0563. The lowest BCUT2D eigenvalue weighted by Crippen LogP contribution is -2.20. The summed E-state index contributed by atoms with van der Waals surface area (Å²) in [5.41, 5.74) is 8.43. The molecule has 0 aliphatic heterocycles. The lowest BCUT2D eigenvalue weighted by atomic mass is 10.1. The fraction of sp³-hybridized carbons (Fsp3) is 0.571. The Labute approximate surface area is 114 Å². The van der Waals surface area contributed by atoms with Crippen LogP contribution in [0.5, 0.6) is 0 Å². The number of imidazole rings is 1. The molecule has 0 aliphatic carbocycles. The lowest BCUT2D eigenvalue weighted by molar-refractivity contribution is 0.542. The summed E-state index contributed by atoms with van der Waals surface area (Å²) >= 11 is 0. The van der Waals surface area contributed by atoms with Gasteiger partial charge >= 0.3 is 0 Å². The van der Waals surface area contributed by atoms with Gasteiger partial charge in [-0.2, -0.15) is 5.10 Å². The molecule has 0 amide bonds. The van der Waals surface area contributed by atoms with E-state index in [-0.39, 0.29) is 6.04 Å². The van der Waals surface area contributed by atoms with Crippen molar-refractivity contribution in [3.8, 4) is 0 Å². The summed E-state index contributed by atoms with van der Waals surface area (Å²) < 4.78 is 4.16. The van der Waals surface area contributed by atoms with Crippen LogP contribution < -0.4 is 5.73 Å². The van der Waals surface area contributed by atoms with Crippen LogP contribution in [0.25, 0.3) is 0 Å². The smallest absolute Gasteiger partial charge is 0.110 e. The molecule has 5 heteroatoms. The molecule has 2 heterocycles. The van der Waals surface area contributed by atoms with E-state index in [9.17, 15) is 0 Å². The molecule has 0 aliphatic rings. The van der Waals surface area contributed by atoms with E-state index in [1.54, 1.807) is 0 Å². The van der Waals surface area contributed by atoms with Crippen molar-refractivity contribution in [2.24, 2.45) is 5.73 Å². The number of hydrogen-bond acceptors (Lipinski definition) is 3. The first kappa shape index (κ1) is 13.8. The first-order valence-corrected chi connectivity index (χ1v) is 6.95. The van der Waals surface area contributed by atoms with Gasteiger partial charge in [0.05, 0.1) is 17.4 Å². The molecule has 19 heavy (non-hydrogen) atoms. The van der Waals surface area contributed by atoms with Gasteiger partial charge < -0.3 is 10.3 Å². The molecule has 1 unspecified atom stereocenters.